The fourth-order valence-corrected chi connectivity index (χ4v) is 2.58. The highest BCUT2D eigenvalue weighted by molar-refractivity contribution is 5.65. The van der Waals surface area contributed by atoms with Gasteiger partial charge in [0.15, 0.2) is 0 Å². The van der Waals surface area contributed by atoms with Gasteiger partial charge in [-0.2, -0.15) is 4.98 Å². The molecule has 0 saturated heterocycles. The van der Waals surface area contributed by atoms with Gasteiger partial charge in [0.25, 0.3) is 5.89 Å². The van der Waals surface area contributed by atoms with Crippen molar-refractivity contribution in [3.8, 4) is 28.6 Å². The van der Waals surface area contributed by atoms with Gasteiger partial charge in [-0.1, -0.05) is 35.5 Å². The van der Waals surface area contributed by atoms with E-state index >= 15 is 0 Å². The zero-order chi connectivity index (χ0) is 17.8. The quantitative estimate of drug-likeness (QED) is 0.542. The molecule has 0 saturated carbocycles. The molecule has 3 aromatic carbocycles. The molecule has 0 radical (unpaired) electrons. The molecule has 128 valence electrons. The Labute approximate surface area is 151 Å². The molecular formula is C21H17N3O2. The average molecular weight is 343 g/mol. The van der Waals surface area contributed by atoms with Crippen molar-refractivity contribution in [2.45, 2.75) is 0 Å². The van der Waals surface area contributed by atoms with Gasteiger partial charge in [0.2, 0.25) is 5.82 Å². The van der Waals surface area contributed by atoms with E-state index in [9.17, 15) is 0 Å². The number of aromatic nitrogens is 2. The molecule has 1 heterocycles. The number of hydrogen-bond donors (Lipinski definition) is 1. The van der Waals surface area contributed by atoms with Gasteiger partial charge in [0, 0.05) is 22.5 Å². The minimum atomic E-state index is 0.500. The van der Waals surface area contributed by atoms with Crippen LogP contribution >= 0.6 is 0 Å². The predicted molar refractivity (Wildman–Crippen MR) is 101 cm³/mol. The first-order chi connectivity index (χ1) is 12.8. The molecule has 26 heavy (non-hydrogen) atoms. The van der Waals surface area contributed by atoms with Gasteiger partial charge in [-0.25, -0.2) is 0 Å². The summed E-state index contributed by atoms with van der Waals surface area (Å²) in [5, 5.41) is 7.40. The highest BCUT2D eigenvalue weighted by atomic mass is 16.5. The van der Waals surface area contributed by atoms with Crippen molar-refractivity contribution < 1.29 is 9.26 Å². The molecule has 0 unspecified atom stereocenters. The van der Waals surface area contributed by atoms with E-state index in [0.717, 1.165) is 28.3 Å². The Bertz CT molecular complexity index is 978. The van der Waals surface area contributed by atoms with E-state index in [1.807, 2.05) is 78.9 Å². The topological polar surface area (TPSA) is 60.2 Å². The van der Waals surface area contributed by atoms with Crippen LogP contribution in [-0.4, -0.2) is 17.3 Å². The lowest BCUT2D eigenvalue weighted by Gasteiger charge is -2.07. The van der Waals surface area contributed by atoms with E-state index in [4.69, 9.17) is 9.26 Å². The molecule has 0 atom stereocenters. The van der Waals surface area contributed by atoms with Crippen molar-refractivity contribution in [3.05, 3.63) is 78.9 Å². The Hall–Kier alpha value is -3.60. The molecule has 0 spiro atoms. The van der Waals surface area contributed by atoms with Gasteiger partial charge >= 0.3 is 0 Å². The second-order valence-corrected chi connectivity index (χ2v) is 5.72. The molecule has 4 aromatic rings. The van der Waals surface area contributed by atoms with Gasteiger partial charge in [-0.3, -0.25) is 0 Å². The summed E-state index contributed by atoms with van der Waals surface area (Å²) < 4.78 is 10.6. The number of methoxy groups -OCH3 is 1. The summed E-state index contributed by atoms with van der Waals surface area (Å²) in [4.78, 5) is 4.47. The highest BCUT2D eigenvalue weighted by Crippen LogP contribution is 2.25. The zero-order valence-electron chi connectivity index (χ0n) is 14.2. The summed E-state index contributed by atoms with van der Waals surface area (Å²) in [6.07, 6.45) is 0. The summed E-state index contributed by atoms with van der Waals surface area (Å²) in [5.74, 6) is 1.91. The third-order valence-corrected chi connectivity index (χ3v) is 3.97. The maximum atomic E-state index is 5.39. The molecule has 1 N–H and O–H groups in total. The number of nitrogens with zero attached hydrogens (tertiary/aromatic N) is 2. The number of rotatable bonds is 5. The lowest BCUT2D eigenvalue weighted by Crippen LogP contribution is -1.90. The van der Waals surface area contributed by atoms with Crippen LogP contribution in [-0.2, 0) is 0 Å². The van der Waals surface area contributed by atoms with Crippen LogP contribution in [0.15, 0.2) is 83.4 Å². The van der Waals surface area contributed by atoms with E-state index in [2.05, 4.69) is 15.5 Å². The minimum absolute atomic E-state index is 0.500. The SMILES string of the molecule is COc1ccc(Nc2ccc(-c3nc(-c4ccccc4)no3)cc2)cc1. The van der Waals surface area contributed by atoms with Gasteiger partial charge in [0.1, 0.15) is 5.75 Å². The number of ether oxygens (including phenoxy) is 1. The molecule has 0 fully saturated rings. The maximum Gasteiger partial charge on any atom is 0.258 e. The smallest absolute Gasteiger partial charge is 0.258 e. The molecule has 0 aliphatic rings. The van der Waals surface area contributed by atoms with Gasteiger partial charge in [0.05, 0.1) is 7.11 Å². The van der Waals surface area contributed by atoms with Crippen LogP contribution < -0.4 is 10.1 Å². The van der Waals surface area contributed by atoms with E-state index in [1.165, 1.54) is 0 Å². The molecule has 4 rings (SSSR count). The van der Waals surface area contributed by atoms with Crippen molar-refractivity contribution >= 4 is 11.4 Å². The molecule has 5 heteroatoms. The lowest BCUT2D eigenvalue weighted by atomic mass is 10.2. The summed E-state index contributed by atoms with van der Waals surface area (Å²) in [5.41, 5.74) is 3.77. The van der Waals surface area contributed by atoms with E-state index in [-0.39, 0.29) is 0 Å². The zero-order valence-corrected chi connectivity index (χ0v) is 14.2. The van der Waals surface area contributed by atoms with Crippen LogP contribution in [0.4, 0.5) is 11.4 Å². The Balaban J connectivity index is 1.50. The standard InChI is InChI=1S/C21H17N3O2/c1-25-19-13-11-18(12-14-19)22-17-9-7-16(8-10-17)21-23-20(24-26-21)15-5-3-2-4-6-15/h2-14,22H,1H3. The first kappa shape index (κ1) is 15.9. The van der Waals surface area contributed by atoms with Crippen molar-refractivity contribution in [1.29, 1.82) is 0 Å². The van der Waals surface area contributed by atoms with E-state index in [1.54, 1.807) is 7.11 Å². The lowest BCUT2D eigenvalue weighted by molar-refractivity contribution is 0.415. The first-order valence-corrected chi connectivity index (χ1v) is 8.22. The van der Waals surface area contributed by atoms with Crippen molar-refractivity contribution in [2.75, 3.05) is 12.4 Å². The largest absolute Gasteiger partial charge is 0.497 e. The number of anilines is 2. The Morgan fingerprint density at radius 2 is 1.42 bits per heavy atom. The second kappa shape index (κ2) is 7.11. The van der Waals surface area contributed by atoms with Gasteiger partial charge in [-0.05, 0) is 48.5 Å². The average Bonchev–Trinajstić information content (AvgIpc) is 3.20. The third-order valence-electron chi connectivity index (χ3n) is 3.97. The van der Waals surface area contributed by atoms with Crippen LogP contribution in [0.3, 0.4) is 0 Å². The molecular weight excluding hydrogens is 326 g/mol. The normalized spacial score (nSPS) is 10.5. The van der Waals surface area contributed by atoms with Gasteiger partial charge in [-0.15, -0.1) is 0 Å². The molecule has 0 amide bonds. The number of benzene rings is 3. The summed E-state index contributed by atoms with van der Waals surface area (Å²) >= 11 is 0. The molecule has 5 nitrogen and oxygen atoms in total. The van der Waals surface area contributed by atoms with Gasteiger partial charge < -0.3 is 14.6 Å². The monoisotopic (exact) mass is 343 g/mol. The minimum Gasteiger partial charge on any atom is -0.497 e. The number of hydrogen-bond acceptors (Lipinski definition) is 5. The van der Waals surface area contributed by atoms with E-state index in [0.29, 0.717) is 11.7 Å². The van der Waals surface area contributed by atoms with E-state index < -0.39 is 0 Å². The second-order valence-electron chi connectivity index (χ2n) is 5.72. The third kappa shape index (κ3) is 3.42. The van der Waals surface area contributed by atoms with Crippen molar-refractivity contribution in [2.24, 2.45) is 0 Å². The van der Waals surface area contributed by atoms with Crippen LogP contribution in [0.25, 0.3) is 22.8 Å². The Morgan fingerprint density at radius 1 is 0.769 bits per heavy atom. The summed E-state index contributed by atoms with van der Waals surface area (Å²) in [6, 6.07) is 25.4. The first-order valence-electron chi connectivity index (χ1n) is 8.22. The molecule has 0 bridgehead atoms. The predicted octanol–water partition coefficient (Wildman–Crippen LogP) is 5.16. The van der Waals surface area contributed by atoms with Crippen LogP contribution in [0, 0.1) is 0 Å². The van der Waals surface area contributed by atoms with Crippen molar-refractivity contribution in [1.82, 2.24) is 10.1 Å². The van der Waals surface area contributed by atoms with Crippen LogP contribution in [0.5, 0.6) is 5.75 Å². The highest BCUT2D eigenvalue weighted by Gasteiger charge is 2.10. The molecule has 0 aliphatic carbocycles. The summed E-state index contributed by atoms with van der Waals surface area (Å²) in [6.45, 7) is 0. The van der Waals surface area contributed by atoms with Crippen molar-refractivity contribution in [3.63, 3.8) is 0 Å². The number of nitrogens with one attached hydrogen (secondary N) is 1. The Morgan fingerprint density at radius 3 is 2.08 bits per heavy atom. The Kier molecular flexibility index (Phi) is 4.35. The molecule has 1 aromatic heterocycles. The summed E-state index contributed by atoms with van der Waals surface area (Å²) in [7, 11) is 1.65. The van der Waals surface area contributed by atoms with Crippen LogP contribution in [0.2, 0.25) is 0 Å². The molecule has 0 aliphatic heterocycles. The maximum absolute atomic E-state index is 5.39. The van der Waals surface area contributed by atoms with Crippen LogP contribution in [0.1, 0.15) is 0 Å². The fourth-order valence-electron chi connectivity index (χ4n) is 2.58. The fraction of sp³-hybridized carbons (Fsp3) is 0.0476.